The van der Waals surface area contributed by atoms with E-state index in [0.29, 0.717) is 18.7 Å². The average molecular weight is 386 g/mol. The topological polar surface area (TPSA) is 53.1 Å². The zero-order chi connectivity index (χ0) is 19.7. The van der Waals surface area contributed by atoms with Crippen molar-refractivity contribution in [2.45, 2.75) is 57.5 Å². The first-order valence-corrected chi connectivity index (χ1v) is 10.7. The molecule has 6 heteroatoms. The Morgan fingerprint density at radius 3 is 2.36 bits per heavy atom. The Balaban J connectivity index is 1.32. The van der Waals surface area contributed by atoms with Gasteiger partial charge in [-0.05, 0) is 51.2 Å². The van der Waals surface area contributed by atoms with Crippen LogP contribution in [-0.4, -0.2) is 66.7 Å². The molecule has 1 aromatic carbocycles. The van der Waals surface area contributed by atoms with E-state index in [1.165, 1.54) is 5.56 Å². The summed E-state index contributed by atoms with van der Waals surface area (Å²) in [5.74, 6) is 0.226. The zero-order valence-electron chi connectivity index (χ0n) is 17.0. The van der Waals surface area contributed by atoms with Crippen LogP contribution in [0.3, 0.4) is 0 Å². The highest BCUT2D eigenvalue weighted by atomic mass is 16.6. The Morgan fingerprint density at radius 2 is 1.68 bits per heavy atom. The molecule has 0 radical (unpaired) electrons. The van der Waals surface area contributed by atoms with Crippen molar-refractivity contribution in [3.8, 4) is 0 Å². The molecule has 6 nitrogen and oxygen atoms in total. The molecule has 3 aliphatic heterocycles. The highest BCUT2D eigenvalue weighted by molar-refractivity contribution is 6.05. The Labute approximate surface area is 167 Å². The fourth-order valence-corrected chi connectivity index (χ4v) is 5.05. The number of nitrogens with zero attached hydrogens (tertiary/aromatic N) is 3. The van der Waals surface area contributed by atoms with Crippen molar-refractivity contribution in [3.63, 3.8) is 0 Å². The number of hydrogen-bond donors (Lipinski definition) is 0. The quantitative estimate of drug-likeness (QED) is 0.802. The summed E-state index contributed by atoms with van der Waals surface area (Å²) in [6.45, 7) is 7.90. The molecule has 3 aliphatic rings. The lowest BCUT2D eigenvalue weighted by Crippen LogP contribution is -2.52. The van der Waals surface area contributed by atoms with E-state index in [1.54, 1.807) is 0 Å². The standard InChI is InChI=1S/C22H31N3O3/c1-3-28-22(27)24-14-8-17(9-15-24)23-12-10-18(11-13-23)25-20-7-5-4-6-19(20)16(2)21(25)26/h4-7,16-18H,3,8-15H2,1-2H3. The van der Waals surface area contributed by atoms with Crippen LogP contribution in [0.4, 0.5) is 10.5 Å². The SMILES string of the molecule is CCOC(=O)N1CCC(N2CCC(N3C(=O)C(C)c4ccccc43)CC2)CC1. The molecular weight excluding hydrogens is 354 g/mol. The molecule has 0 bridgehead atoms. The molecule has 2 fully saturated rings. The van der Waals surface area contributed by atoms with Gasteiger partial charge in [0.15, 0.2) is 0 Å². The van der Waals surface area contributed by atoms with Crippen molar-refractivity contribution < 1.29 is 14.3 Å². The monoisotopic (exact) mass is 385 g/mol. The summed E-state index contributed by atoms with van der Waals surface area (Å²) in [4.78, 5) is 31.2. The summed E-state index contributed by atoms with van der Waals surface area (Å²) >= 11 is 0. The molecule has 0 spiro atoms. The summed E-state index contributed by atoms with van der Waals surface area (Å²) in [5, 5.41) is 0. The normalized spacial score (nSPS) is 24.5. The van der Waals surface area contributed by atoms with Crippen LogP contribution in [-0.2, 0) is 9.53 Å². The molecule has 2 amide bonds. The Bertz CT molecular complexity index is 721. The molecule has 0 aromatic heterocycles. The van der Waals surface area contributed by atoms with Gasteiger partial charge in [-0.15, -0.1) is 0 Å². The predicted molar refractivity (Wildman–Crippen MR) is 109 cm³/mol. The van der Waals surface area contributed by atoms with Crippen LogP contribution in [0, 0.1) is 0 Å². The maximum absolute atomic E-state index is 12.9. The number of carbonyl (C=O) groups excluding carboxylic acids is 2. The number of carbonyl (C=O) groups is 2. The Hall–Kier alpha value is -2.08. The van der Waals surface area contributed by atoms with Gasteiger partial charge in [-0.3, -0.25) is 4.79 Å². The van der Waals surface area contributed by atoms with Crippen molar-refractivity contribution in [3.05, 3.63) is 29.8 Å². The third kappa shape index (κ3) is 3.50. The maximum Gasteiger partial charge on any atom is 0.409 e. The first-order chi connectivity index (χ1) is 13.6. The predicted octanol–water partition coefficient (Wildman–Crippen LogP) is 3.22. The lowest BCUT2D eigenvalue weighted by molar-refractivity contribution is -0.119. The van der Waals surface area contributed by atoms with Gasteiger partial charge < -0.3 is 19.4 Å². The summed E-state index contributed by atoms with van der Waals surface area (Å²) in [5.41, 5.74) is 2.28. The van der Waals surface area contributed by atoms with Gasteiger partial charge >= 0.3 is 6.09 Å². The number of fused-ring (bicyclic) bond motifs is 1. The number of anilines is 1. The molecule has 152 valence electrons. The van der Waals surface area contributed by atoms with Gasteiger partial charge in [-0.1, -0.05) is 18.2 Å². The molecular formula is C22H31N3O3. The van der Waals surface area contributed by atoms with E-state index >= 15 is 0 Å². The van der Waals surface area contributed by atoms with Crippen molar-refractivity contribution in [1.82, 2.24) is 9.80 Å². The molecule has 0 aliphatic carbocycles. The van der Waals surface area contributed by atoms with E-state index in [9.17, 15) is 9.59 Å². The van der Waals surface area contributed by atoms with Crippen LogP contribution in [0.25, 0.3) is 0 Å². The number of para-hydroxylation sites is 1. The number of benzene rings is 1. The van der Waals surface area contributed by atoms with Crippen molar-refractivity contribution >= 4 is 17.7 Å². The largest absolute Gasteiger partial charge is 0.450 e. The lowest BCUT2D eigenvalue weighted by atomic mass is 9.97. The third-order valence-electron chi connectivity index (χ3n) is 6.64. The van der Waals surface area contributed by atoms with Crippen LogP contribution in [0.5, 0.6) is 0 Å². The third-order valence-corrected chi connectivity index (χ3v) is 6.64. The summed E-state index contributed by atoms with van der Waals surface area (Å²) in [7, 11) is 0. The van der Waals surface area contributed by atoms with E-state index in [-0.39, 0.29) is 17.9 Å². The summed E-state index contributed by atoms with van der Waals surface area (Å²) in [6, 6.07) is 9.07. The van der Waals surface area contributed by atoms with Crippen LogP contribution in [0.15, 0.2) is 24.3 Å². The van der Waals surface area contributed by atoms with Crippen LogP contribution >= 0.6 is 0 Å². The second-order valence-corrected chi connectivity index (χ2v) is 8.17. The molecule has 4 rings (SSSR count). The molecule has 1 aromatic rings. The highest BCUT2D eigenvalue weighted by Crippen LogP contribution is 2.40. The molecule has 2 saturated heterocycles. The van der Waals surface area contributed by atoms with Gasteiger partial charge in [0.25, 0.3) is 0 Å². The van der Waals surface area contributed by atoms with Gasteiger partial charge in [0.1, 0.15) is 0 Å². The van der Waals surface area contributed by atoms with Gasteiger partial charge in [-0.25, -0.2) is 4.79 Å². The first kappa shape index (κ1) is 19.2. The minimum atomic E-state index is -0.181. The zero-order valence-corrected chi connectivity index (χ0v) is 17.0. The molecule has 1 unspecified atom stereocenters. The number of ether oxygens (including phenoxy) is 1. The van der Waals surface area contributed by atoms with Crippen LogP contribution in [0.1, 0.15) is 51.0 Å². The number of piperidine rings is 2. The van der Waals surface area contributed by atoms with E-state index < -0.39 is 0 Å². The number of rotatable bonds is 3. The number of likely N-dealkylation sites (tertiary alicyclic amines) is 2. The van der Waals surface area contributed by atoms with Gasteiger partial charge in [-0.2, -0.15) is 0 Å². The first-order valence-electron chi connectivity index (χ1n) is 10.7. The Kier molecular flexibility index (Phi) is 5.58. The van der Waals surface area contributed by atoms with Crippen LogP contribution < -0.4 is 4.90 Å². The molecule has 3 heterocycles. The summed E-state index contributed by atoms with van der Waals surface area (Å²) < 4.78 is 5.12. The highest BCUT2D eigenvalue weighted by Gasteiger charge is 2.40. The molecule has 1 atom stereocenters. The molecule has 28 heavy (non-hydrogen) atoms. The molecule has 0 N–H and O–H groups in total. The van der Waals surface area contributed by atoms with E-state index in [4.69, 9.17) is 4.74 Å². The van der Waals surface area contributed by atoms with Crippen LogP contribution in [0.2, 0.25) is 0 Å². The number of hydrogen-bond acceptors (Lipinski definition) is 4. The van der Waals surface area contributed by atoms with Gasteiger partial charge in [0.2, 0.25) is 5.91 Å². The Morgan fingerprint density at radius 1 is 1.04 bits per heavy atom. The number of amides is 2. The fraction of sp³-hybridized carbons (Fsp3) is 0.636. The second-order valence-electron chi connectivity index (χ2n) is 8.17. The smallest absolute Gasteiger partial charge is 0.409 e. The fourth-order valence-electron chi connectivity index (χ4n) is 5.05. The van der Waals surface area contributed by atoms with E-state index in [1.807, 2.05) is 30.9 Å². The maximum atomic E-state index is 12.9. The van der Waals surface area contributed by atoms with Crippen molar-refractivity contribution in [2.24, 2.45) is 0 Å². The van der Waals surface area contributed by atoms with Crippen molar-refractivity contribution in [1.29, 1.82) is 0 Å². The average Bonchev–Trinajstić information content (AvgIpc) is 2.99. The minimum absolute atomic E-state index is 0.0265. The molecule has 0 saturated carbocycles. The lowest BCUT2D eigenvalue weighted by Gasteiger charge is -2.43. The van der Waals surface area contributed by atoms with E-state index in [0.717, 1.165) is 57.5 Å². The summed E-state index contributed by atoms with van der Waals surface area (Å²) in [6.07, 6.45) is 3.87. The van der Waals surface area contributed by atoms with Crippen molar-refractivity contribution in [2.75, 3.05) is 37.7 Å². The second kappa shape index (κ2) is 8.11. The van der Waals surface area contributed by atoms with Gasteiger partial charge in [0, 0.05) is 44.0 Å². The van der Waals surface area contributed by atoms with E-state index in [2.05, 4.69) is 21.9 Å². The van der Waals surface area contributed by atoms with Gasteiger partial charge in [0.05, 0.1) is 12.5 Å². The minimum Gasteiger partial charge on any atom is -0.450 e.